The first-order chi connectivity index (χ1) is 13.1. The lowest BCUT2D eigenvalue weighted by atomic mass is 10.0. The van der Waals surface area contributed by atoms with Crippen molar-refractivity contribution in [2.45, 2.75) is 25.8 Å². The summed E-state index contributed by atoms with van der Waals surface area (Å²) >= 11 is 0. The summed E-state index contributed by atoms with van der Waals surface area (Å²) in [5, 5.41) is 2.94. The van der Waals surface area contributed by atoms with Crippen molar-refractivity contribution in [3.05, 3.63) is 96.1 Å². The molecule has 27 heavy (non-hydrogen) atoms. The van der Waals surface area contributed by atoms with Crippen LogP contribution in [0.15, 0.2) is 84.9 Å². The summed E-state index contributed by atoms with van der Waals surface area (Å²) in [6.07, 6.45) is 0.397. The van der Waals surface area contributed by atoms with Crippen LogP contribution in [0.3, 0.4) is 0 Å². The van der Waals surface area contributed by atoms with Gasteiger partial charge in [-0.3, -0.25) is 9.59 Å². The summed E-state index contributed by atoms with van der Waals surface area (Å²) in [4.78, 5) is 24.5. The standard InChI is InChI=1S/C24H23NO2/c1-18(19-8-4-2-5-9-19)25-24(27)17-16-23(26)22-14-12-21(13-15-22)20-10-6-3-7-11-20/h2-15,18H,16-17H2,1H3,(H,25,27)/t18-/m0/s1. The SMILES string of the molecule is C[C@H](NC(=O)CCC(=O)c1ccc(-c2ccccc2)cc1)c1ccccc1. The highest BCUT2D eigenvalue weighted by atomic mass is 16.2. The smallest absolute Gasteiger partial charge is 0.220 e. The molecule has 3 aromatic rings. The number of rotatable bonds is 7. The molecule has 0 aromatic heterocycles. The molecule has 0 aliphatic rings. The minimum Gasteiger partial charge on any atom is -0.350 e. The van der Waals surface area contributed by atoms with E-state index in [1.807, 2.05) is 91.9 Å². The van der Waals surface area contributed by atoms with Crippen LogP contribution in [0.25, 0.3) is 11.1 Å². The first kappa shape index (κ1) is 18.6. The molecule has 136 valence electrons. The van der Waals surface area contributed by atoms with Crippen molar-refractivity contribution in [3.63, 3.8) is 0 Å². The Morgan fingerprint density at radius 3 is 1.93 bits per heavy atom. The highest BCUT2D eigenvalue weighted by Crippen LogP contribution is 2.20. The lowest BCUT2D eigenvalue weighted by Crippen LogP contribution is -2.26. The van der Waals surface area contributed by atoms with Crippen LogP contribution in [0.4, 0.5) is 0 Å². The zero-order valence-corrected chi connectivity index (χ0v) is 15.4. The van der Waals surface area contributed by atoms with Crippen molar-refractivity contribution in [3.8, 4) is 11.1 Å². The molecular formula is C24H23NO2. The quantitative estimate of drug-likeness (QED) is 0.591. The number of Topliss-reactive ketones (excluding diaryl/α,β-unsaturated/α-hetero) is 1. The van der Waals surface area contributed by atoms with E-state index in [9.17, 15) is 9.59 Å². The molecule has 0 saturated heterocycles. The summed E-state index contributed by atoms with van der Waals surface area (Å²) in [6, 6.07) is 27.3. The van der Waals surface area contributed by atoms with E-state index in [2.05, 4.69) is 5.32 Å². The Morgan fingerprint density at radius 1 is 0.741 bits per heavy atom. The Balaban J connectivity index is 1.52. The molecule has 1 N–H and O–H groups in total. The van der Waals surface area contributed by atoms with E-state index in [4.69, 9.17) is 0 Å². The predicted octanol–water partition coefficient (Wildman–Crippen LogP) is 5.19. The summed E-state index contributed by atoms with van der Waals surface area (Å²) in [5.74, 6) is -0.127. The molecule has 0 heterocycles. The van der Waals surface area contributed by atoms with Crippen molar-refractivity contribution in [2.75, 3.05) is 0 Å². The number of ketones is 1. The molecule has 0 saturated carbocycles. The van der Waals surface area contributed by atoms with Gasteiger partial charge < -0.3 is 5.32 Å². The van der Waals surface area contributed by atoms with Gasteiger partial charge in [0.15, 0.2) is 5.78 Å². The topological polar surface area (TPSA) is 46.2 Å². The van der Waals surface area contributed by atoms with E-state index in [1.54, 1.807) is 0 Å². The van der Waals surface area contributed by atoms with Gasteiger partial charge in [0.1, 0.15) is 0 Å². The maximum atomic E-state index is 12.4. The summed E-state index contributed by atoms with van der Waals surface area (Å²) in [5.41, 5.74) is 3.87. The molecule has 0 fully saturated rings. The average molecular weight is 357 g/mol. The van der Waals surface area contributed by atoms with Crippen LogP contribution in [0.1, 0.15) is 41.7 Å². The highest BCUT2D eigenvalue weighted by molar-refractivity contribution is 5.98. The molecular weight excluding hydrogens is 334 g/mol. The Morgan fingerprint density at radius 2 is 1.30 bits per heavy atom. The van der Waals surface area contributed by atoms with Crippen LogP contribution in [-0.2, 0) is 4.79 Å². The normalized spacial score (nSPS) is 11.6. The molecule has 3 nitrogen and oxygen atoms in total. The highest BCUT2D eigenvalue weighted by Gasteiger charge is 2.12. The second-order valence-electron chi connectivity index (χ2n) is 6.57. The first-order valence-corrected chi connectivity index (χ1v) is 9.16. The molecule has 3 aromatic carbocycles. The van der Waals surface area contributed by atoms with Gasteiger partial charge in [0.2, 0.25) is 5.91 Å². The molecule has 0 radical (unpaired) electrons. The van der Waals surface area contributed by atoms with Crippen LogP contribution in [-0.4, -0.2) is 11.7 Å². The summed E-state index contributed by atoms with van der Waals surface area (Å²) in [7, 11) is 0. The lowest BCUT2D eigenvalue weighted by Gasteiger charge is -2.14. The van der Waals surface area contributed by atoms with Gasteiger partial charge in [0.25, 0.3) is 0 Å². The molecule has 0 bridgehead atoms. The molecule has 0 unspecified atom stereocenters. The lowest BCUT2D eigenvalue weighted by molar-refractivity contribution is -0.121. The van der Waals surface area contributed by atoms with Crippen LogP contribution in [0, 0.1) is 0 Å². The molecule has 3 heteroatoms. The van der Waals surface area contributed by atoms with Gasteiger partial charge >= 0.3 is 0 Å². The Bertz CT molecular complexity index is 887. The number of carbonyl (C=O) groups excluding carboxylic acids is 2. The third-order valence-corrected chi connectivity index (χ3v) is 4.57. The van der Waals surface area contributed by atoms with E-state index in [0.29, 0.717) is 5.56 Å². The Hall–Kier alpha value is -3.20. The Labute approximate surface area is 160 Å². The number of nitrogens with one attached hydrogen (secondary N) is 1. The van der Waals surface area contributed by atoms with Crippen LogP contribution < -0.4 is 5.32 Å². The predicted molar refractivity (Wildman–Crippen MR) is 108 cm³/mol. The first-order valence-electron chi connectivity index (χ1n) is 9.16. The van der Waals surface area contributed by atoms with Crippen molar-refractivity contribution < 1.29 is 9.59 Å². The fourth-order valence-corrected chi connectivity index (χ4v) is 2.99. The average Bonchev–Trinajstić information content (AvgIpc) is 2.73. The van der Waals surface area contributed by atoms with E-state index in [0.717, 1.165) is 16.7 Å². The number of amides is 1. The molecule has 3 rings (SSSR count). The van der Waals surface area contributed by atoms with Crippen molar-refractivity contribution in [1.82, 2.24) is 5.32 Å². The van der Waals surface area contributed by atoms with E-state index >= 15 is 0 Å². The van der Waals surface area contributed by atoms with E-state index in [1.165, 1.54) is 0 Å². The number of hydrogen-bond acceptors (Lipinski definition) is 2. The maximum Gasteiger partial charge on any atom is 0.220 e. The van der Waals surface area contributed by atoms with Gasteiger partial charge in [-0.2, -0.15) is 0 Å². The molecule has 0 aliphatic carbocycles. The number of carbonyl (C=O) groups is 2. The zero-order chi connectivity index (χ0) is 19.1. The molecule has 1 atom stereocenters. The third kappa shape index (κ3) is 5.14. The van der Waals surface area contributed by atoms with Gasteiger partial charge in [-0.25, -0.2) is 0 Å². The van der Waals surface area contributed by atoms with Crippen LogP contribution in [0.5, 0.6) is 0 Å². The minimum absolute atomic E-state index is 0.0166. The van der Waals surface area contributed by atoms with Crippen molar-refractivity contribution >= 4 is 11.7 Å². The Kier molecular flexibility index (Phi) is 6.16. The molecule has 0 aliphatic heterocycles. The fourth-order valence-electron chi connectivity index (χ4n) is 2.99. The van der Waals surface area contributed by atoms with Gasteiger partial charge in [-0.15, -0.1) is 0 Å². The maximum absolute atomic E-state index is 12.4. The largest absolute Gasteiger partial charge is 0.350 e. The molecule has 1 amide bonds. The minimum atomic E-state index is -0.111. The van der Waals surface area contributed by atoms with Crippen molar-refractivity contribution in [1.29, 1.82) is 0 Å². The van der Waals surface area contributed by atoms with Gasteiger partial charge in [-0.05, 0) is 23.6 Å². The summed E-state index contributed by atoms with van der Waals surface area (Å²) in [6.45, 7) is 1.94. The second-order valence-corrected chi connectivity index (χ2v) is 6.57. The second kappa shape index (κ2) is 8.95. The zero-order valence-electron chi connectivity index (χ0n) is 15.4. The molecule has 0 spiro atoms. The van der Waals surface area contributed by atoms with Crippen molar-refractivity contribution in [2.24, 2.45) is 0 Å². The number of benzene rings is 3. The summed E-state index contributed by atoms with van der Waals surface area (Å²) < 4.78 is 0. The monoisotopic (exact) mass is 357 g/mol. The van der Waals surface area contributed by atoms with Crippen LogP contribution >= 0.6 is 0 Å². The number of hydrogen-bond donors (Lipinski definition) is 1. The third-order valence-electron chi connectivity index (χ3n) is 4.57. The van der Waals surface area contributed by atoms with Gasteiger partial charge in [-0.1, -0.05) is 84.9 Å². The van der Waals surface area contributed by atoms with E-state index < -0.39 is 0 Å². The van der Waals surface area contributed by atoms with Crippen LogP contribution in [0.2, 0.25) is 0 Å². The van der Waals surface area contributed by atoms with Gasteiger partial charge in [0, 0.05) is 18.4 Å². The van der Waals surface area contributed by atoms with E-state index in [-0.39, 0.29) is 30.6 Å². The van der Waals surface area contributed by atoms with Gasteiger partial charge in [0.05, 0.1) is 6.04 Å². The fraction of sp³-hybridized carbons (Fsp3) is 0.167.